The normalized spacial score (nSPS) is 11.6. The highest BCUT2D eigenvalue weighted by atomic mass is 32.2. The molecule has 0 fully saturated rings. The van der Waals surface area contributed by atoms with Crippen LogP contribution in [-0.4, -0.2) is 29.8 Å². The van der Waals surface area contributed by atoms with E-state index in [4.69, 9.17) is 4.42 Å². The molecule has 0 aliphatic rings. The van der Waals surface area contributed by atoms with Crippen molar-refractivity contribution in [2.75, 3.05) is 5.32 Å². The fraction of sp³-hybridized carbons (Fsp3) is 0.286. The number of sulfone groups is 1. The zero-order chi connectivity index (χ0) is 21.2. The van der Waals surface area contributed by atoms with E-state index in [9.17, 15) is 13.2 Å². The molecule has 8 heteroatoms. The van der Waals surface area contributed by atoms with Gasteiger partial charge in [0.15, 0.2) is 9.84 Å². The molecule has 0 aliphatic carbocycles. The first-order valence-electron chi connectivity index (χ1n) is 9.20. The van der Waals surface area contributed by atoms with Gasteiger partial charge in [-0.1, -0.05) is 23.3 Å². The van der Waals surface area contributed by atoms with Crippen molar-refractivity contribution in [1.82, 2.24) is 10.2 Å². The van der Waals surface area contributed by atoms with Gasteiger partial charge < -0.3 is 4.42 Å². The molecule has 0 aliphatic heterocycles. The van der Waals surface area contributed by atoms with Crippen LogP contribution in [0.25, 0.3) is 11.5 Å². The highest BCUT2D eigenvalue weighted by Crippen LogP contribution is 2.22. The van der Waals surface area contributed by atoms with Crippen LogP contribution in [0.1, 0.15) is 30.5 Å². The summed E-state index contributed by atoms with van der Waals surface area (Å²) in [4.78, 5) is 12.5. The molecule has 0 radical (unpaired) electrons. The molecule has 0 unspecified atom stereocenters. The van der Waals surface area contributed by atoms with Gasteiger partial charge in [0.25, 0.3) is 0 Å². The number of carbonyl (C=O) groups excluding carboxylic acids is 1. The summed E-state index contributed by atoms with van der Waals surface area (Å²) in [5.41, 5.74) is 3.73. The van der Waals surface area contributed by atoms with Crippen molar-refractivity contribution in [3.63, 3.8) is 0 Å². The van der Waals surface area contributed by atoms with E-state index in [1.807, 2.05) is 32.0 Å². The monoisotopic (exact) mass is 413 g/mol. The number of anilines is 1. The number of aryl methyl sites for hydroxylation is 2. The summed E-state index contributed by atoms with van der Waals surface area (Å²) in [7, 11) is -3.33. The Bertz CT molecular complexity index is 1130. The van der Waals surface area contributed by atoms with E-state index in [0.717, 1.165) is 16.7 Å². The lowest BCUT2D eigenvalue weighted by Gasteiger charge is -2.08. The molecule has 2 aromatic carbocycles. The number of carbonyl (C=O) groups is 1. The van der Waals surface area contributed by atoms with Crippen molar-refractivity contribution < 1.29 is 17.6 Å². The second kappa shape index (κ2) is 8.16. The van der Waals surface area contributed by atoms with Crippen LogP contribution >= 0.6 is 0 Å². The summed E-state index contributed by atoms with van der Waals surface area (Å²) < 4.78 is 29.8. The van der Waals surface area contributed by atoms with Gasteiger partial charge in [-0.15, -0.1) is 5.10 Å². The zero-order valence-corrected chi connectivity index (χ0v) is 17.6. The van der Waals surface area contributed by atoms with Crippen LogP contribution in [0.3, 0.4) is 0 Å². The molecule has 1 N–H and O–H groups in total. The Hall–Kier alpha value is -3.00. The smallest absolute Gasteiger partial charge is 0.322 e. The summed E-state index contributed by atoms with van der Waals surface area (Å²) >= 11 is 0. The first-order chi connectivity index (χ1) is 13.7. The molecule has 0 saturated carbocycles. The van der Waals surface area contributed by atoms with E-state index in [1.54, 1.807) is 26.0 Å². The molecule has 3 aromatic rings. The number of hydrogen-bond donors (Lipinski definition) is 1. The first-order valence-corrected chi connectivity index (χ1v) is 10.8. The van der Waals surface area contributed by atoms with E-state index in [0.29, 0.717) is 11.5 Å². The van der Waals surface area contributed by atoms with Gasteiger partial charge in [-0.3, -0.25) is 10.1 Å². The van der Waals surface area contributed by atoms with E-state index in [1.165, 1.54) is 12.1 Å². The third-order valence-electron chi connectivity index (χ3n) is 4.66. The molecule has 1 heterocycles. The Morgan fingerprint density at radius 1 is 1.03 bits per heavy atom. The fourth-order valence-corrected chi connectivity index (χ4v) is 3.74. The van der Waals surface area contributed by atoms with Crippen molar-refractivity contribution in [1.29, 1.82) is 0 Å². The van der Waals surface area contributed by atoms with E-state index >= 15 is 0 Å². The van der Waals surface area contributed by atoms with Gasteiger partial charge in [-0.25, -0.2) is 8.42 Å². The molecule has 1 amide bonds. The maximum absolute atomic E-state index is 12.3. The Labute approximate surface area is 170 Å². The summed E-state index contributed by atoms with van der Waals surface area (Å²) in [6, 6.07) is 12.1. The van der Waals surface area contributed by atoms with E-state index < -0.39 is 15.1 Å². The summed E-state index contributed by atoms with van der Waals surface area (Å²) in [5.74, 6) is -0.00796. The number of benzene rings is 2. The number of amides is 1. The molecule has 3 rings (SSSR count). The fourth-order valence-electron chi connectivity index (χ4n) is 2.68. The number of rotatable bonds is 6. The SMILES string of the molecule is Cc1ccc(-c2nnc(NC(=O)Cc3ccc(S(=O)(=O)C(C)C)cc3)o2)cc1C. The minimum absolute atomic E-state index is 0.0160. The minimum atomic E-state index is -3.33. The number of nitrogens with zero attached hydrogens (tertiary/aromatic N) is 2. The van der Waals surface area contributed by atoms with Gasteiger partial charge in [0.1, 0.15) is 0 Å². The summed E-state index contributed by atoms with van der Waals surface area (Å²) in [6.07, 6.45) is 0.0589. The lowest BCUT2D eigenvalue weighted by atomic mass is 10.1. The van der Waals surface area contributed by atoms with Crippen LogP contribution in [0, 0.1) is 13.8 Å². The topological polar surface area (TPSA) is 102 Å². The second-order valence-corrected chi connectivity index (χ2v) is 9.68. The average molecular weight is 413 g/mol. The Morgan fingerprint density at radius 2 is 1.72 bits per heavy atom. The molecule has 152 valence electrons. The van der Waals surface area contributed by atoms with Gasteiger partial charge in [0.05, 0.1) is 16.6 Å². The van der Waals surface area contributed by atoms with Crippen LogP contribution in [-0.2, 0) is 21.1 Å². The van der Waals surface area contributed by atoms with Crippen molar-refractivity contribution in [3.8, 4) is 11.5 Å². The third-order valence-corrected chi connectivity index (χ3v) is 6.83. The molecule has 0 atom stereocenters. The second-order valence-electron chi connectivity index (χ2n) is 7.17. The van der Waals surface area contributed by atoms with Gasteiger partial charge >= 0.3 is 6.01 Å². The minimum Gasteiger partial charge on any atom is -0.403 e. The predicted octanol–water partition coefficient (Wildman–Crippen LogP) is 3.72. The van der Waals surface area contributed by atoms with Gasteiger partial charge in [-0.2, -0.15) is 0 Å². The Balaban J connectivity index is 1.66. The Kier molecular flexibility index (Phi) is 5.83. The van der Waals surface area contributed by atoms with Gasteiger partial charge in [0.2, 0.25) is 11.8 Å². The summed E-state index contributed by atoms with van der Waals surface area (Å²) in [5, 5.41) is 9.91. The molecule has 29 heavy (non-hydrogen) atoms. The lowest BCUT2D eigenvalue weighted by molar-refractivity contribution is -0.115. The Morgan fingerprint density at radius 3 is 2.34 bits per heavy atom. The number of hydrogen-bond acceptors (Lipinski definition) is 6. The van der Waals surface area contributed by atoms with Crippen molar-refractivity contribution in [2.45, 2.75) is 44.3 Å². The molecule has 7 nitrogen and oxygen atoms in total. The van der Waals surface area contributed by atoms with E-state index in [2.05, 4.69) is 15.5 Å². The largest absolute Gasteiger partial charge is 0.403 e. The van der Waals surface area contributed by atoms with Crippen molar-refractivity contribution in [2.24, 2.45) is 0 Å². The highest BCUT2D eigenvalue weighted by molar-refractivity contribution is 7.92. The molecular weight excluding hydrogens is 390 g/mol. The van der Waals surface area contributed by atoms with Crippen molar-refractivity contribution in [3.05, 3.63) is 59.2 Å². The van der Waals surface area contributed by atoms with Crippen LogP contribution < -0.4 is 5.32 Å². The first kappa shape index (κ1) is 20.7. The van der Waals surface area contributed by atoms with Gasteiger partial charge in [-0.05, 0) is 68.7 Å². The number of nitrogens with one attached hydrogen (secondary N) is 1. The van der Waals surface area contributed by atoms with Crippen LogP contribution in [0.5, 0.6) is 0 Å². The average Bonchev–Trinajstić information content (AvgIpc) is 3.12. The maximum Gasteiger partial charge on any atom is 0.322 e. The van der Waals surface area contributed by atoms with Crippen molar-refractivity contribution >= 4 is 21.8 Å². The van der Waals surface area contributed by atoms with Gasteiger partial charge in [0, 0.05) is 5.56 Å². The molecule has 1 aromatic heterocycles. The molecule has 0 bridgehead atoms. The third kappa shape index (κ3) is 4.71. The maximum atomic E-state index is 12.3. The van der Waals surface area contributed by atoms with Crippen LogP contribution in [0.2, 0.25) is 0 Å². The molecular formula is C21H23N3O4S. The number of aromatic nitrogens is 2. The standard InChI is InChI=1S/C21H23N3O4S/c1-13(2)29(26,27)18-9-6-16(7-10-18)12-19(25)22-21-24-23-20(28-21)17-8-5-14(3)15(4)11-17/h5-11,13H,12H2,1-4H3,(H,22,24,25). The van der Waals surface area contributed by atoms with Crippen LogP contribution in [0.4, 0.5) is 6.01 Å². The predicted molar refractivity (Wildman–Crippen MR) is 110 cm³/mol. The summed E-state index contributed by atoms with van der Waals surface area (Å²) in [6.45, 7) is 7.28. The van der Waals surface area contributed by atoms with E-state index in [-0.39, 0.29) is 23.2 Å². The highest BCUT2D eigenvalue weighted by Gasteiger charge is 2.19. The zero-order valence-electron chi connectivity index (χ0n) is 16.8. The lowest BCUT2D eigenvalue weighted by Crippen LogP contribution is -2.16. The molecule has 0 spiro atoms. The molecule has 0 saturated heterocycles. The van der Waals surface area contributed by atoms with Crippen LogP contribution in [0.15, 0.2) is 51.8 Å². The quantitative estimate of drug-likeness (QED) is 0.661.